The maximum atomic E-state index is 12.1. The monoisotopic (exact) mass is 359 g/mol. The number of likely N-dealkylation sites (tertiary alicyclic amines) is 1. The zero-order valence-corrected chi connectivity index (χ0v) is 14.4. The van der Waals surface area contributed by atoms with Crippen molar-refractivity contribution >= 4 is 17.6 Å². The van der Waals surface area contributed by atoms with Crippen LogP contribution in [0, 0.1) is 17.2 Å². The van der Waals surface area contributed by atoms with Crippen LogP contribution in [0.2, 0.25) is 5.02 Å². The number of piperidine rings is 1. The van der Waals surface area contributed by atoms with Gasteiger partial charge in [-0.15, -0.1) is 0 Å². The number of aromatic nitrogens is 2. The Bertz CT molecular complexity index is 760. The molecule has 2 aromatic rings. The minimum Gasteiger partial charge on any atom is -0.339 e. The average molecular weight is 360 g/mol. The number of benzene rings is 1. The van der Waals surface area contributed by atoms with Gasteiger partial charge in [0, 0.05) is 42.6 Å². The lowest BCUT2D eigenvalue weighted by Crippen LogP contribution is -2.44. The largest absolute Gasteiger partial charge is 0.339 e. The number of nitrogens with one attached hydrogen (secondary N) is 1. The van der Waals surface area contributed by atoms with E-state index in [1.807, 2.05) is 12.1 Å². The number of nitrogens with zero attached hydrogens (tertiary/aromatic N) is 4. The molecule has 0 unspecified atom stereocenters. The summed E-state index contributed by atoms with van der Waals surface area (Å²) < 4.78 is 5.21. The van der Waals surface area contributed by atoms with Crippen molar-refractivity contribution in [2.45, 2.75) is 19.3 Å². The zero-order valence-electron chi connectivity index (χ0n) is 13.6. The van der Waals surface area contributed by atoms with Crippen LogP contribution in [0.15, 0.2) is 28.8 Å². The molecule has 2 amide bonds. The Morgan fingerprint density at radius 1 is 1.36 bits per heavy atom. The molecule has 25 heavy (non-hydrogen) atoms. The average Bonchev–Trinajstić information content (AvgIpc) is 3.11. The van der Waals surface area contributed by atoms with Crippen LogP contribution in [-0.4, -0.2) is 40.7 Å². The molecule has 1 aliphatic rings. The first kappa shape index (κ1) is 17.2. The summed E-state index contributed by atoms with van der Waals surface area (Å²) in [6, 6.07) is 9.32. The molecule has 1 N–H and O–H groups in total. The Morgan fingerprint density at radius 2 is 2.08 bits per heavy atom. The van der Waals surface area contributed by atoms with E-state index in [0.29, 0.717) is 42.8 Å². The highest BCUT2D eigenvalue weighted by molar-refractivity contribution is 6.30. The highest BCUT2D eigenvalue weighted by atomic mass is 35.5. The van der Waals surface area contributed by atoms with Crippen molar-refractivity contribution in [3.63, 3.8) is 0 Å². The zero-order chi connectivity index (χ0) is 17.6. The predicted octanol–water partition coefficient (Wildman–Crippen LogP) is 2.88. The summed E-state index contributed by atoms with van der Waals surface area (Å²) in [4.78, 5) is 18.2. The van der Waals surface area contributed by atoms with Crippen molar-refractivity contribution in [3.05, 3.63) is 35.2 Å². The molecule has 0 saturated carbocycles. The third-order valence-electron chi connectivity index (χ3n) is 4.15. The predicted molar refractivity (Wildman–Crippen MR) is 91.8 cm³/mol. The van der Waals surface area contributed by atoms with Gasteiger partial charge in [-0.3, -0.25) is 0 Å². The van der Waals surface area contributed by atoms with Crippen LogP contribution in [0.4, 0.5) is 4.79 Å². The Hall–Kier alpha value is -2.59. The van der Waals surface area contributed by atoms with Crippen LogP contribution in [-0.2, 0) is 6.42 Å². The van der Waals surface area contributed by atoms with Crippen molar-refractivity contribution in [1.29, 1.82) is 5.26 Å². The molecular weight excluding hydrogens is 342 g/mol. The van der Waals surface area contributed by atoms with Gasteiger partial charge in [-0.25, -0.2) is 4.79 Å². The van der Waals surface area contributed by atoms with Gasteiger partial charge < -0.3 is 14.7 Å². The summed E-state index contributed by atoms with van der Waals surface area (Å²) in [5.41, 5.74) is 0.823. The first-order valence-corrected chi connectivity index (χ1v) is 8.54. The molecule has 130 valence electrons. The van der Waals surface area contributed by atoms with Gasteiger partial charge in [0.1, 0.15) is 0 Å². The quantitative estimate of drug-likeness (QED) is 0.905. The van der Waals surface area contributed by atoms with E-state index in [1.54, 1.807) is 17.0 Å². The molecule has 1 aromatic carbocycles. The SMILES string of the molecule is N#CC1CCN(C(=O)NCCc2nc(-c3ccc(Cl)cc3)no2)CC1. The number of rotatable bonds is 4. The van der Waals surface area contributed by atoms with Gasteiger partial charge in [-0.05, 0) is 37.1 Å². The molecule has 8 heteroatoms. The molecule has 2 heterocycles. The lowest BCUT2D eigenvalue weighted by atomic mass is 9.99. The number of hydrogen-bond acceptors (Lipinski definition) is 5. The van der Waals surface area contributed by atoms with Crippen molar-refractivity contribution in [1.82, 2.24) is 20.4 Å². The molecule has 1 aromatic heterocycles. The summed E-state index contributed by atoms with van der Waals surface area (Å²) >= 11 is 5.86. The minimum atomic E-state index is -0.117. The highest BCUT2D eigenvalue weighted by Crippen LogP contribution is 2.19. The number of carbonyl (C=O) groups is 1. The number of nitriles is 1. The normalized spacial score (nSPS) is 15.0. The topological polar surface area (TPSA) is 95.1 Å². The number of carbonyl (C=O) groups excluding carboxylic acids is 1. The van der Waals surface area contributed by atoms with E-state index >= 15 is 0 Å². The minimum absolute atomic E-state index is 0.0636. The molecule has 1 fully saturated rings. The summed E-state index contributed by atoms with van der Waals surface area (Å²) in [5.74, 6) is 1.03. The maximum absolute atomic E-state index is 12.1. The second-order valence-corrected chi connectivity index (χ2v) is 6.33. The van der Waals surface area contributed by atoms with Crippen molar-refractivity contribution in [2.24, 2.45) is 5.92 Å². The summed E-state index contributed by atoms with van der Waals surface area (Å²) in [6.45, 7) is 1.65. The van der Waals surface area contributed by atoms with Crippen LogP contribution in [0.1, 0.15) is 18.7 Å². The van der Waals surface area contributed by atoms with Crippen LogP contribution in [0.5, 0.6) is 0 Å². The van der Waals surface area contributed by atoms with Gasteiger partial charge in [0.05, 0.1) is 6.07 Å². The number of hydrogen-bond donors (Lipinski definition) is 1. The van der Waals surface area contributed by atoms with Crippen molar-refractivity contribution < 1.29 is 9.32 Å². The highest BCUT2D eigenvalue weighted by Gasteiger charge is 2.22. The van der Waals surface area contributed by atoms with Crippen molar-refractivity contribution in [3.8, 4) is 17.5 Å². The summed E-state index contributed by atoms with van der Waals surface area (Å²) in [6.07, 6.45) is 1.93. The van der Waals surface area contributed by atoms with Gasteiger partial charge in [-0.2, -0.15) is 10.2 Å². The fourth-order valence-corrected chi connectivity index (χ4v) is 2.80. The molecule has 1 saturated heterocycles. The second kappa shape index (κ2) is 7.99. The molecule has 0 atom stereocenters. The van der Waals surface area contributed by atoms with E-state index in [2.05, 4.69) is 21.5 Å². The summed E-state index contributed by atoms with van der Waals surface area (Å²) in [7, 11) is 0. The van der Waals surface area contributed by atoms with E-state index in [9.17, 15) is 4.79 Å². The molecule has 7 nitrogen and oxygen atoms in total. The third kappa shape index (κ3) is 4.48. The van der Waals surface area contributed by atoms with Crippen molar-refractivity contribution in [2.75, 3.05) is 19.6 Å². The van der Waals surface area contributed by atoms with Crippen LogP contribution < -0.4 is 5.32 Å². The van der Waals surface area contributed by atoms with Crippen LogP contribution >= 0.6 is 11.6 Å². The Balaban J connectivity index is 1.46. The third-order valence-corrected chi connectivity index (χ3v) is 4.40. The standard InChI is InChI=1S/C17H18ClN5O2/c18-14-3-1-13(2-4-14)16-21-15(25-22-16)5-8-20-17(24)23-9-6-12(11-19)7-10-23/h1-4,12H,5-10H2,(H,20,24). The first-order chi connectivity index (χ1) is 12.2. The lowest BCUT2D eigenvalue weighted by Gasteiger charge is -2.29. The molecular formula is C17H18ClN5O2. The fraction of sp³-hybridized carbons (Fsp3) is 0.412. The van der Waals surface area contributed by atoms with Gasteiger partial charge >= 0.3 is 6.03 Å². The van der Waals surface area contributed by atoms with E-state index in [-0.39, 0.29) is 11.9 Å². The number of urea groups is 1. The van der Waals surface area contributed by atoms with E-state index in [4.69, 9.17) is 21.4 Å². The number of halogens is 1. The summed E-state index contributed by atoms with van der Waals surface area (Å²) in [5, 5.41) is 16.3. The Morgan fingerprint density at radius 3 is 2.76 bits per heavy atom. The van der Waals surface area contributed by atoms with E-state index < -0.39 is 0 Å². The van der Waals surface area contributed by atoms with Crippen LogP contribution in [0.25, 0.3) is 11.4 Å². The van der Waals surface area contributed by atoms with E-state index in [0.717, 1.165) is 18.4 Å². The molecule has 0 spiro atoms. The fourth-order valence-electron chi connectivity index (χ4n) is 2.67. The van der Waals surface area contributed by atoms with E-state index in [1.165, 1.54) is 0 Å². The lowest BCUT2D eigenvalue weighted by molar-refractivity contribution is 0.179. The maximum Gasteiger partial charge on any atom is 0.317 e. The Labute approximate surface area is 150 Å². The molecule has 3 rings (SSSR count). The van der Waals surface area contributed by atoms with Gasteiger partial charge in [-0.1, -0.05) is 16.8 Å². The Kier molecular flexibility index (Phi) is 5.51. The first-order valence-electron chi connectivity index (χ1n) is 8.16. The smallest absolute Gasteiger partial charge is 0.317 e. The molecule has 0 radical (unpaired) electrons. The molecule has 0 aliphatic carbocycles. The second-order valence-electron chi connectivity index (χ2n) is 5.89. The molecule has 0 bridgehead atoms. The van der Waals surface area contributed by atoms with Gasteiger partial charge in [0.25, 0.3) is 0 Å². The van der Waals surface area contributed by atoms with Gasteiger partial charge in [0.15, 0.2) is 0 Å². The molecule has 1 aliphatic heterocycles. The number of amides is 2. The van der Waals surface area contributed by atoms with Crippen LogP contribution in [0.3, 0.4) is 0 Å². The van der Waals surface area contributed by atoms with Gasteiger partial charge in [0.2, 0.25) is 11.7 Å².